The molecular weight excluding hydrogens is 342 g/mol. The average molecular weight is 360 g/mol. The number of nitrogens with one attached hydrogen (secondary N) is 1. The van der Waals surface area contributed by atoms with Crippen LogP contribution in [0.25, 0.3) is 0 Å². The van der Waals surface area contributed by atoms with E-state index < -0.39 is 0 Å². The van der Waals surface area contributed by atoms with Crippen molar-refractivity contribution in [3.8, 4) is 5.75 Å². The summed E-state index contributed by atoms with van der Waals surface area (Å²) in [5, 5.41) is 3.19. The summed E-state index contributed by atoms with van der Waals surface area (Å²) in [4.78, 5) is 12.3. The van der Waals surface area contributed by atoms with Crippen molar-refractivity contribution < 1.29 is 9.53 Å². The molecular formula is C18H18BrNO2. The number of benzene rings is 2. The van der Waals surface area contributed by atoms with E-state index in [1.165, 1.54) is 5.56 Å². The third kappa shape index (κ3) is 3.33. The van der Waals surface area contributed by atoms with Gasteiger partial charge in [-0.15, -0.1) is 0 Å². The molecule has 0 aliphatic heterocycles. The zero-order chi connectivity index (χ0) is 15.6. The minimum absolute atomic E-state index is 0.0607. The van der Waals surface area contributed by atoms with Gasteiger partial charge in [0.05, 0.1) is 19.1 Å². The molecule has 1 saturated carbocycles. The highest BCUT2D eigenvalue weighted by atomic mass is 79.9. The van der Waals surface area contributed by atoms with Gasteiger partial charge in [-0.3, -0.25) is 4.79 Å². The first-order valence-corrected chi connectivity index (χ1v) is 8.11. The molecule has 0 saturated heterocycles. The van der Waals surface area contributed by atoms with Gasteiger partial charge in [0.1, 0.15) is 5.75 Å². The molecule has 0 radical (unpaired) electrons. The van der Waals surface area contributed by atoms with Crippen molar-refractivity contribution in [3.05, 3.63) is 64.1 Å². The van der Waals surface area contributed by atoms with Gasteiger partial charge in [-0.25, -0.2) is 0 Å². The molecule has 2 aromatic rings. The quantitative estimate of drug-likeness (QED) is 0.881. The van der Waals surface area contributed by atoms with Crippen LogP contribution in [0.4, 0.5) is 0 Å². The fourth-order valence-electron chi connectivity index (χ4n) is 2.62. The number of rotatable bonds is 5. The molecule has 22 heavy (non-hydrogen) atoms. The van der Waals surface area contributed by atoms with Gasteiger partial charge in [-0.2, -0.15) is 0 Å². The lowest BCUT2D eigenvalue weighted by molar-refractivity contribution is -0.121. The number of hydrogen-bond donors (Lipinski definition) is 1. The van der Waals surface area contributed by atoms with Gasteiger partial charge in [0, 0.05) is 4.47 Å². The number of amides is 1. The van der Waals surface area contributed by atoms with E-state index in [-0.39, 0.29) is 11.4 Å². The Morgan fingerprint density at radius 1 is 1.14 bits per heavy atom. The van der Waals surface area contributed by atoms with E-state index in [1.807, 2.05) is 36.4 Å². The van der Waals surface area contributed by atoms with Gasteiger partial charge >= 0.3 is 0 Å². The van der Waals surface area contributed by atoms with Gasteiger partial charge in [0.25, 0.3) is 0 Å². The van der Waals surface area contributed by atoms with Crippen molar-refractivity contribution in [1.29, 1.82) is 0 Å². The van der Waals surface area contributed by atoms with Crippen LogP contribution in [0.1, 0.15) is 24.0 Å². The molecule has 114 valence electrons. The highest BCUT2D eigenvalue weighted by Gasteiger charge is 2.45. The number of ether oxygens (including phenoxy) is 1. The molecule has 3 nitrogen and oxygen atoms in total. The van der Waals surface area contributed by atoms with E-state index in [9.17, 15) is 4.79 Å². The van der Waals surface area contributed by atoms with E-state index in [2.05, 4.69) is 33.4 Å². The molecule has 0 aromatic heterocycles. The van der Waals surface area contributed by atoms with Crippen molar-refractivity contribution in [2.75, 3.05) is 7.11 Å². The minimum atomic E-state index is -0.162. The number of carbonyl (C=O) groups is 1. The van der Waals surface area contributed by atoms with Crippen LogP contribution in [0.3, 0.4) is 0 Å². The lowest BCUT2D eigenvalue weighted by atomic mass is 10.0. The molecule has 1 amide bonds. The molecule has 2 aromatic carbocycles. The number of halogens is 1. The van der Waals surface area contributed by atoms with E-state index >= 15 is 0 Å². The summed E-state index contributed by atoms with van der Waals surface area (Å²) in [5.74, 6) is 0.864. The molecule has 0 atom stereocenters. The summed E-state index contributed by atoms with van der Waals surface area (Å²) in [7, 11) is 1.64. The molecule has 0 bridgehead atoms. The van der Waals surface area contributed by atoms with Gasteiger partial charge in [-0.05, 0) is 48.2 Å². The Balaban J connectivity index is 1.64. The monoisotopic (exact) mass is 359 g/mol. The topological polar surface area (TPSA) is 38.3 Å². The molecule has 1 aliphatic carbocycles. The fourth-order valence-corrected chi connectivity index (χ4v) is 2.88. The van der Waals surface area contributed by atoms with Gasteiger partial charge in [-0.1, -0.05) is 40.2 Å². The first-order chi connectivity index (χ1) is 10.6. The first kappa shape index (κ1) is 15.1. The van der Waals surface area contributed by atoms with Crippen LogP contribution < -0.4 is 10.1 Å². The number of methoxy groups -OCH3 is 1. The van der Waals surface area contributed by atoms with Crippen molar-refractivity contribution >= 4 is 21.8 Å². The zero-order valence-electron chi connectivity index (χ0n) is 12.4. The maximum atomic E-state index is 12.3. The average Bonchev–Trinajstić information content (AvgIpc) is 3.29. The molecule has 1 fully saturated rings. The van der Waals surface area contributed by atoms with Crippen LogP contribution in [0.15, 0.2) is 53.0 Å². The fraction of sp³-hybridized carbons (Fsp3) is 0.278. The minimum Gasteiger partial charge on any atom is -0.497 e. The van der Waals surface area contributed by atoms with Crippen LogP contribution >= 0.6 is 15.9 Å². The second kappa shape index (κ2) is 6.13. The molecule has 1 aliphatic rings. The molecule has 0 spiro atoms. The van der Waals surface area contributed by atoms with Crippen molar-refractivity contribution in [2.24, 2.45) is 0 Å². The maximum Gasteiger partial charge on any atom is 0.225 e. The van der Waals surface area contributed by atoms with E-state index in [0.29, 0.717) is 6.42 Å². The standard InChI is InChI=1S/C18H18BrNO2/c1-22-16-8-2-13(3-9-16)12-17(21)20-18(10-11-18)14-4-6-15(19)7-5-14/h2-9H,10-12H2,1H3,(H,20,21). The lowest BCUT2D eigenvalue weighted by Gasteiger charge is -2.18. The number of carbonyl (C=O) groups excluding carboxylic acids is 1. The maximum absolute atomic E-state index is 12.3. The van der Waals surface area contributed by atoms with Gasteiger partial charge < -0.3 is 10.1 Å². The summed E-state index contributed by atoms with van der Waals surface area (Å²) in [5.41, 5.74) is 2.01. The predicted octanol–water partition coefficient (Wildman–Crippen LogP) is 3.81. The van der Waals surface area contributed by atoms with Gasteiger partial charge in [0.2, 0.25) is 5.91 Å². The molecule has 0 unspecified atom stereocenters. The smallest absolute Gasteiger partial charge is 0.225 e. The Labute approximate surface area is 138 Å². The Hall–Kier alpha value is -1.81. The summed E-state index contributed by atoms with van der Waals surface area (Å²) in [6.07, 6.45) is 2.40. The number of hydrogen-bond acceptors (Lipinski definition) is 2. The molecule has 4 heteroatoms. The van der Waals surface area contributed by atoms with Crippen molar-refractivity contribution in [1.82, 2.24) is 5.32 Å². The first-order valence-electron chi connectivity index (χ1n) is 7.31. The van der Waals surface area contributed by atoms with Crippen LogP contribution in [-0.2, 0) is 16.8 Å². The largest absolute Gasteiger partial charge is 0.497 e. The summed E-state index contributed by atoms with van der Waals surface area (Å²) in [6, 6.07) is 15.8. The normalized spacial score (nSPS) is 15.2. The zero-order valence-corrected chi connectivity index (χ0v) is 14.0. The van der Waals surface area contributed by atoms with Crippen LogP contribution in [-0.4, -0.2) is 13.0 Å². The Morgan fingerprint density at radius 2 is 1.77 bits per heavy atom. The molecule has 3 rings (SSSR count). The van der Waals surface area contributed by atoms with Crippen molar-refractivity contribution in [2.45, 2.75) is 24.8 Å². The van der Waals surface area contributed by atoms with Gasteiger partial charge in [0.15, 0.2) is 0 Å². The second-order valence-corrected chi connectivity index (χ2v) is 6.58. The molecule has 0 heterocycles. The third-order valence-electron chi connectivity index (χ3n) is 4.05. The second-order valence-electron chi connectivity index (χ2n) is 5.66. The van der Waals surface area contributed by atoms with Crippen LogP contribution in [0.5, 0.6) is 5.75 Å². The Kier molecular flexibility index (Phi) is 4.21. The third-order valence-corrected chi connectivity index (χ3v) is 4.58. The van der Waals surface area contributed by atoms with Crippen LogP contribution in [0, 0.1) is 0 Å². The SMILES string of the molecule is COc1ccc(CC(=O)NC2(c3ccc(Br)cc3)CC2)cc1. The van der Waals surface area contributed by atoms with E-state index in [1.54, 1.807) is 7.11 Å². The lowest BCUT2D eigenvalue weighted by Crippen LogP contribution is -2.35. The summed E-state index contributed by atoms with van der Waals surface area (Å²) in [6.45, 7) is 0. The Bertz CT molecular complexity index is 660. The predicted molar refractivity (Wildman–Crippen MR) is 89.9 cm³/mol. The Morgan fingerprint density at radius 3 is 2.32 bits per heavy atom. The summed E-state index contributed by atoms with van der Waals surface area (Å²) < 4.78 is 6.18. The summed E-state index contributed by atoms with van der Waals surface area (Å²) >= 11 is 3.44. The van der Waals surface area contributed by atoms with E-state index in [4.69, 9.17) is 4.74 Å². The molecule has 1 N–H and O–H groups in total. The van der Waals surface area contributed by atoms with Crippen LogP contribution in [0.2, 0.25) is 0 Å². The van der Waals surface area contributed by atoms with E-state index in [0.717, 1.165) is 28.6 Å². The van der Waals surface area contributed by atoms with Crippen molar-refractivity contribution in [3.63, 3.8) is 0 Å². The highest BCUT2D eigenvalue weighted by Crippen LogP contribution is 2.45. The highest BCUT2D eigenvalue weighted by molar-refractivity contribution is 9.10.